The molecule has 0 spiro atoms. The SMILES string of the molecule is Cc1ccc(CNc2cccc(F)c2)c(Br)c1. The van der Waals surface area contributed by atoms with Gasteiger partial charge in [-0.25, -0.2) is 4.39 Å². The van der Waals surface area contributed by atoms with E-state index in [1.54, 1.807) is 6.07 Å². The molecule has 0 heterocycles. The van der Waals surface area contributed by atoms with Gasteiger partial charge in [0.15, 0.2) is 0 Å². The summed E-state index contributed by atoms with van der Waals surface area (Å²) in [5.74, 6) is -0.224. The second-order valence-electron chi connectivity index (χ2n) is 3.96. The van der Waals surface area contributed by atoms with Gasteiger partial charge in [0.25, 0.3) is 0 Å². The van der Waals surface area contributed by atoms with Crippen molar-refractivity contribution in [2.75, 3.05) is 5.32 Å². The molecule has 1 N–H and O–H groups in total. The maximum atomic E-state index is 13.0. The van der Waals surface area contributed by atoms with Crippen LogP contribution in [0.1, 0.15) is 11.1 Å². The third-order valence-corrected chi connectivity index (χ3v) is 3.25. The molecule has 0 aromatic heterocycles. The van der Waals surface area contributed by atoms with Gasteiger partial charge < -0.3 is 5.32 Å². The predicted octanol–water partition coefficient (Wildman–Crippen LogP) is 4.51. The fraction of sp³-hybridized carbons (Fsp3) is 0.143. The number of anilines is 1. The molecule has 2 aromatic rings. The van der Waals surface area contributed by atoms with Crippen LogP contribution >= 0.6 is 15.9 Å². The second-order valence-corrected chi connectivity index (χ2v) is 4.81. The standard InChI is InChI=1S/C14H13BrFN/c1-10-5-6-11(14(15)7-10)9-17-13-4-2-3-12(16)8-13/h2-8,17H,9H2,1H3. The lowest BCUT2D eigenvalue weighted by Crippen LogP contribution is -2.00. The summed E-state index contributed by atoms with van der Waals surface area (Å²) in [6, 6.07) is 12.7. The molecule has 0 saturated carbocycles. The summed E-state index contributed by atoms with van der Waals surface area (Å²) in [4.78, 5) is 0. The van der Waals surface area contributed by atoms with Crippen molar-refractivity contribution in [3.63, 3.8) is 0 Å². The van der Waals surface area contributed by atoms with Crippen LogP contribution in [0.2, 0.25) is 0 Å². The lowest BCUT2D eigenvalue weighted by Gasteiger charge is -2.09. The van der Waals surface area contributed by atoms with E-state index in [1.165, 1.54) is 17.7 Å². The Morgan fingerprint density at radius 2 is 2.00 bits per heavy atom. The summed E-state index contributed by atoms with van der Waals surface area (Å²) >= 11 is 3.52. The van der Waals surface area contributed by atoms with Gasteiger partial charge in [-0.1, -0.05) is 34.1 Å². The first kappa shape index (κ1) is 12.1. The predicted molar refractivity (Wildman–Crippen MR) is 72.6 cm³/mol. The average molecular weight is 294 g/mol. The second kappa shape index (κ2) is 5.32. The normalized spacial score (nSPS) is 10.3. The van der Waals surface area contributed by atoms with Crippen LogP contribution in [-0.2, 0) is 6.54 Å². The molecule has 3 heteroatoms. The van der Waals surface area contributed by atoms with E-state index in [1.807, 2.05) is 6.07 Å². The van der Waals surface area contributed by atoms with Gasteiger partial charge in [-0.2, -0.15) is 0 Å². The fourth-order valence-electron chi connectivity index (χ4n) is 1.59. The molecular weight excluding hydrogens is 281 g/mol. The Morgan fingerprint density at radius 3 is 2.71 bits per heavy atom. The number of nitrogens with one attached hydrogen (secondary N) is 1. The maximum absolute atomic E-state index is 13.0. The van der Waals surface area contributed by atoms with Crippen molar-refractivity contribution in [2.24, 2.45) is 0 Å². The molecule has 0 amide bonds. The number of hydrogen-bond donors (Lipinski definition) is 1. The number of hydrogen-bond acceptors (Lipinski definition) is 1. The van der Waals surface area contributed by atoms with E-state index in [0.717, 1.165) is 15.7 Å². The van der Waals surface area contributed by atoms with Crippen LogP contribution in [0.15, 0.2) is 46.9 Å². The molecule has 0 saturated heterocycles. The minimum atomic E-state index is -0.224. The first-order valence-corrected chi connectivity index (χ1v) is 6.19. The minimum Gasteiger partial charge on any atom is -0.381 e. The molecule has 0 aliphatic carbocycles. The molecule has 0 unspecified atom stereocenters. The van der Waals surface area contributed by atoms with Crippen LogP contribution in [0, 0.1) is 12.7 Å². The van der Waals surface area contributed by atoms with Crippen molar-refractivity contribution in [1.29, 1.82) is 0 Å². The molecule has 0 aliphatic heterocycles. The molecule has 2 rings (SSSR count). The number of halogens is 2. The van der Waals surface area contributed by atoms with E-state index >= 15 is 0 Å². The minimum absolute atomic E-state index is 0.224. The highest BCUT2D eigenvalue weighted by Crippen LogP contribution is 2.20. The van der Waals surface area contributed by atoms with E-state index in [9.17, 15) is 4.39 Å². The zero-order valence-electron chi connectivity index (χ0n) is 9.50. The monoisotopic (exact) mass is 293 g/mol. The topological polar surface area (TPSA) is 12.0 Å². The smallest absolute Gasteiger partial charge is 0.125 e. The Bertz CT molecular complexity index is 525. The summed E-state index contributed by atoms with van der Waals surface area (Å²) in [5, 5.41) is 3.19. The molecule has 0 atom stereocenters. The molecule has 2 aromatic carbocycles. The quantitative estimate of drug-likeness (QED) is 0.878. The largest absolute Gasteiger partial charge is 0.381 e. The van der Waals surface area contributed by atoms with Crippen molar-refractivity contribution in [3.8, 4) is 0 Å². The van der Waals surface area contributed by atoms with Crippen molar-refractivity contribution in [2.45, 2.75) is 13.5 Å². The van der Waals surface area contributed by atoms with Crippen LogP contribution in [0.25, 0.3) is 0 Å². The highest BCUT2D eigenvalue weighted by molar-refractivity contribution is 9.10. The van der Waals surface area contributed by atoms with Gasteiger partial charge in [0.2, 0.25) is 0 Å². The summed E-state index contributed by atoms with van der Waals surface area (Å²) in [6.07, 6.45) is 0. The zero-order chi connectivity index (χ0) is 12.3. The molecule has 88 valence electrons. The van der Waals surface area contributed by atoms with Gasteiger partial charge in [-0.3, -0.25) is 0 Å². The van der Waals surface area contributed by atoms with E-state index < -0.39 is 0 Å². The molecule has 0 aliphatic rings. The first-order chi connectivity index (χ1) is 8.15. The first-order valence-electron chi connectivity index (χ1n) is 5.39. The highest BCUT2D eigenvalue weighted by Gasteiger charge is 2.00. The van der Waals surface area contributed by atoms with Crippen LogP contribution in [0.3, 0.4) is 0 Å². The van der Waals surface area contributed by atoms with Crippen molar-refractivity contribution < 1.29 is 4.39 Å². The third-order valence-electron chi connectivity index (χ3n) is 2.52. The van der Waals surface area contributed by atoms with Crippen LogP contribution in [-0.4, -0.2) is 0 Å². The Hall–Kier alpha value is -1.35. The summed E-state index contributed by atoms with van der Waals surface area (Å²) < 4.78 is 14.0. The van der Waals surface area contributed by atoms with Gasteiger partial charge in [0.1, 0.15) is 5.82 Å². The van der Waals surface area contributed by atoms with Crippen molar-refractivity contribution in [1.82, 2.24) is 0 Å². The van der Waals surface area contributed by atoms with E-state index in [0.29, 0.717) is 6.54 Å². The Kier molecular flexibility index (Phi) is 3.79. The lowest BCUT2D eigenvalue weighted by atomic mass is 10.1. The van der Waals surface area contributed by atoms with E-state index in [2.05, 4.69) is 46.4 Å². The molecule has 0 radical (unpaired) electrons. The number of rotatable bonds is 3. The Morgan fingerprint density at radius 1 is 1.18 bits per heavy atom. The molecule has 17 heavy (non-hydrogen) atoms. The molecule has 0 bridgehead atoms. The Labute approximate surface area is 109 Å². The molecule has 1 nitrogen and oxygen atoms in total. The summed E-state index contributed by atoms with van der Waals surface area (Å²) in [5.41, 5.74) is 3.16. The van der Waals surface area contributed by atoms with Gasteiger partial charge in [-0.15, -0.1) is 0 Å². The Balaban J connectivity index is 2.07. The molecular formula is C14H13BrFN. The van der Waals surface area contributed by atoms with Gasteiger partial charge in [0.05, 0.1) is 0 Å². The molecule has 0 fully saturated rings. The van der Waals surface area contributed by atoms with Gasteiger partial charge >= 0.3 is 0 Å². The van der Waals surface area contributed by atoms with Crippen LogP contribution in [0.4, 0.5) is 10.1 Å². The van der Waals surface area contributed by atoms with Crippen molar-refractivity contribution >= 4 is 21.6 Å². The zero-order valence-corrected chi connectivity index (χ0v) is 11.1. The van der Waals surface area contributed by atoms with Crippen LogP contribution < -0.4 is 5.32 Å². The van der Waals surface area contributed by atoms with Crippen molar-refractivity contribution in [3.05, 3.63) is 63.9 Å². The fourth-order valence-corrected chi connectivity index (χ4v) is 2.22. The van der Waals surface area contributed by atoms with E-state index in [4.69, 9.17) is 0 Å². The number of benzene rings is 2. The average Bonchev–Trinajstić information content (AvgIpc) is 2.28. The maximum Gasteiger partial charge on any atom is 0.125 e. The number of aryl methyl sites for hydroxylation is 1. The highest BCUT2D eigenvalue weighted by atomic mass is 79.9. The van der Waals surface area contributed by atoms with E-state index in [-0.39, 0.29) is 5.82 Å². The summed E-state index contributed by atoms with van der Waals surface area (Å²) in [7, 11) is 0. The third kappa shape index (κ3) is 3.30. The van der Waals surface area contributed by atoms with Gasteiger partial charge in [-0.05, 0) is 42.3 Å². The van der Waals surface area contributed by atoms with Gasteiger partial charge in [0, 0.05) is 16.7 Å². The van der Waals surface area contributed by atoms with Crippen LogP contribution in [0.5, 0.6) is 0 Å². The lowest BCUT2D eigenvalue weighted by molar-refractivity contribution is 0.628. The summed E-state index contributed by atoms with van der Waals surface area (Å²) in [6.45, 7) is 2.72.